The molecule has 6 nitrogen and oxygen atoms in total. The lowest BCUT2D eigenvalue weighted by Gasteiger charge is -2.41. The molecule has 6 heteroatoms. The van der Waals surface area contributed by atoms with Gasteiger partial charge in [0.2, 0.25) is 11.8 Å². The zero-order chi connectivity index (χ0) is 18.5. The summed E-state index contributed by atoms with van der Waals surface area (Å²) in [5.74, 6) is 0.568. The van der Waals surface area contributed by atoms with Gasteiger partial charge in [-0.2, -0.15) is 0 Å². The number of rotatable bonds is 5. The molecule has 0 bridgehead atoms. The number of likely N-dealkylation sites (tertiary alicyclic amines) is 1. The number of methoxy groups -OCH3 is 1. The van der Waals surface area contributed by atoms with Crippen molar-refractivity contribution >= 4 is 11.8 Å². The Bertz CT molecular complexity index is 642. The van der Waals surface area contributed by atoms with Crippen LogP contribution in [0.3, 0.4) is 0 Å². The molecule has 3 rings (SSSR count). The molecule has 26 heavy (non-hydrogen) atoms. The van der Waals surface area contributed by atoms with E-state index in [9.17, 15) is 9.59 Å². The van der Waals surface area contributed by atoms with E-state index in [1.807, 2.05) is 36.1 Å². The third-order valence-corrected chi connectivity index (χ3v) is 5.41. The van der Waals surface area contributed by atoms with Crippen LogP contribution in [-0.4, -0.2) is 49.6 Å². The van der Waals surface area contributed by atoms with Crippen LogP contribution < -0.4 is 10.1 Å². The largest absolute Gasteiger partial charge is 0.496 e. The minimum atomic E-state index is -0.294. The highest BCUT2D eigenvalue weighted by molar-refractivity contribution is 5.85. The molecule has 2 saturated heterocycles. The van der Waals surface area contributed by atoms with Gasteiger partial charge in [0.05, 0.1) is 19.1 Å². The van der Waals surface area contributed by atoms with Crippen LogP contribution in [0, 0.1) is 5.92 Å². The molecule has 0 saturated carbocycles. The van der Waals surface area contributed by atoms with E-state index in [2.05, 4.69) is 5.32 Å². The Balaban J connectivity index is 1.88. The van der Waals surface area contributed by atoms with E-state index >= 15 is 0 Å². The molecule has 2 atom stereocenters. The fourth-order valence-electron chi connectivity index (χ4n) is 4.05. The van der Waals surface area contributed by atoms with Gasteiger partial charge in [0.1, 0.15) is 5.75 Å². The normalized spacial score (nSPS) is 24.4. The summed E-state index contributed by atoms with van der Waals surface area (Å²) in [6.07, 6.45) is 2.65. The zero-order valence-electron chi connectivity index (χ0n) is 15.6. The Hall–Kier alpha value is -2.08. The quantitative estimate of drug-likeness (QED) is 0.875. The Morgan fingerprint density at radius 3 is 2.69 bits per heavy atom. The SMILES string of the molecule is CCN1C(=O)CC[C@@H](C(=O)NC2CCOCC2)[C@@H]1c1ccccc1OC. The van der Waals surface area contributed by atoms with Gasteiger partial charge in [0.15, 0.2) is 0 Å². The molecule has 0 unspecified atom stereocenters. The number of nitrogens with zero attached hydrogens (tertiary/aromatic N) is 1. The molecule has 2 heterocycles. The molecule has 1 aromatic rings. The van der Waals surface area contributed by atoms with E-state index in [0.717, 1.165) is 24.2 Å². The maximum atomic E-state index is 13.1. The van der Waals surface area contributed by atoms with Crippen molar-refractivity contribution in [1.29, 1.82) is 0 Å². The molecule has 142 valence electrons. The van der Waals surface area contributed by atoms with Crippen LogP contribution in [0.25, 0.3) is 0 Å². The second-order valence-electron chi connectivity index (χ2n) is 6.91. The second-order valence-corrected chi connectivity index (χ2v) is 6.91. The van der Waals surface area contributed by atoms with E-state index in [0.29, 0.717) is 32.6 Å². The van der Waals surface area contributed by atoms with Crippen LogP contribution in [0.4, 0.5) is 0 Å². The van der Waals surface area contributed by atoms with Crippen molar-refractivity contribution < 1.29 is 19.1 Å². The molecule has 2 aliphatic heterocycles. The van der Waals surface area contributed by atoms with E-state index in [1.54, 1.807) is 7.11 Å². The molecule has 0 aromatic heterocycles. The molecule has 0 radical (unpaired) electrons. The number of benzene rings is 1. The lowest BCUT2D eigenvalue weighted by atomic mass is 9.83. The fraction of sp³-hybridized carbons (Fsp3) is 0.600. The fourth-order valence-corrected chi connectivity index (χ4v) is 4.05. The van der Waals surface area contributed by atoms with Crippen LogP contribution >= 0.6 is 0 Å². The number of nitrogens with one attached hydrogen (secondary N) is 1. The minimum absolute atomic E-state index is 0.0266. The van der Waals surface area contributed by atoms with E-state index < -0.39 is 0 Å². The molecule has 2 aliphatic rings. The number of piperidine rings is 1. The van der Waals surface area contributed by atoms with Crippen molar-refractivity contribution in [2.24, 2.45) is 5.92 Å². The summed E-state index contributed by atoms with van der Waals surface area (Å²) in [6.45, 7) is 3.90. The van der Waals surface area contributed by atoms with Crippen LogP contribution in [0.2, 0.25) is 0 Å². The minimum Gasteiger partial charge on any atom is -0.496 e. The van der Waals surface area contributed by atoms with Gasteiger partial charge in [-0.05, 0) is 32.3 Å². The summed E-state index contributed by atoms with van der Waals surface area (Å²) in [6, 6.07) is 7.54. The van der Waals surface area contributed by atoms with E-state index in [-0.39, 0.29) is 29.8 Å². The van der Waals surface area contributed by atoms with Gasteiger partial charge in [0.25, 0.3) is 0 Å². The highest BCUT2D eigenvalue weighted by Gasteiger charge is 2.41. The Morgan fingerprint density at radius 1 is 1.27 bits per heavy atom. The first-order valence-corrected chi connectivity index (χ1v) is 9.46. The standard InChI is InChI=1S/C20H28N2O4/c1-3-22-18(23)9-8-16(20(24)21-14-10-12-26-13-11-14)19(22)15-6-4-5-7-17(15)25-2/h4-7,14,16,19H,3,8-13H2,1-2H3,(H,21,24)/t16-,19+/m1/s1. The average Bonchev–Trinajstić information content (AvgIpc) is 2.68. The summed E-state index contributed by atoms with van der Waals surface area (Å²) in [4.78, 5) is 27.4. The van der Waals surface area contributed by atoms with Crippen LogP contribution in [0.5, 0.6) is 5.75 Å². The third kappa shape index (κ3) is 3.85. The lowest BCUT2D eigenvalue weighted by Crippen LogP contribution is -2.50. The maximum absolute atomic E-state index is 13.1. The van der Waals surface area contributed by atoms with E-state index in [1.165, 1.54) is 0 Å². The highest BCUT2D eigenvalue weighted by Crippen LogP contribution is 2.40. The van der Waals surface area contributed by atoms with Crippen LogP contribution in [0.15, 0.2) is 24.3 Å². The monoisotopic (exact) mass is 360 g/mol. The van der Waals surface area contributed by atoms with Crippen molar-refractivity contribution in [3.05, 3.63) is 29.8 Å². The number of amides is 2. The molecule has 1 N–H and O–H groups in total. The van der Waals surface area contributed by atoms with Gasteiger partial charge in [-0.1, -0.05) is 18.2 Å². The van der Waals surface area contributed by atoms with Gasteiger partial charge in [0, 0.05) is 37.8 Å². The summed E-state index contributed by atoms with van der Waals surface area (Å²) >= 11 is 0. The summed E-state index contributed by atoms with van der Waals surface area (Å²) in [7, 11) is 1.62. The number of carbonyl (C=O) groups excluding carboxylic acids is 2. The number of carbonyl (C=O) groups is 2. The highest BCUT2D eigenvalue weighted by atomic mass is 16.5. The predicted molar refractivity (Wildman–Crippen MR) is 97.8 cm³/mol. The molecular weight excluding hydrogens is 332 g/mol. The zero-order valence-corrected chi connectivity index (χ0v) is 15.6. The van der Waals surface area contributed by atoms with Gasteiger partial charge in [-0.15, -0.1) is 0 Å². The van der Waals surface area contributed by atoms with Crippen LogP contribution in [-0.2, 0) is 14.3 Å². The van der Waals surface area contributed by atoms with Crippen molar-refractivity contribution in [3.63, 3.8) is 0 Å². The number of ether oxygens (including phenoxy) is 2. The molecule has 1 aromatic carbocycles. The van der Waals surface area contributed by atoms with Crippen molar-refractivity contribution in [2.75, 3.05) is 26.9 Å². The number of hydrogen-bond acceptors (Lipinski definition) is 4. The summed E-state index contributed by atoms with van der Waals surface area (Å²) < 4.78 is 10.9. The Kier molecular flexibility index (Phi) is 6.14. The van der Waals surface area contributed by atoms with Crippen molar-refractivity contribution in [1.82, 2.24) is 10.2 Å². The molecule has 0 spiro atoms. The number of para-hydroxylation sites is 1. The van der Waals surface area contributed by atoms with Gasteiger partial charge >= 0.3 is 0 Å². The van der Waals surface area contributed by atoms with Gasteiger partial charge in [-0.3, -0.25) is 9.59 Å². The molecule has 2 amide bonds. The average molecular weight is 360 g/mol. The Morgan fingerprint density at radius 2 is 2.00 bits per heavy atom. The lowest BCUT2D eigenvalue weighted by molar-refractivity contribution is -0.143. The topological polar surface area (TPSA) is 67.9 Å². The van der Waals surface area contributed by atoms with Gasteiger partial charge < -0.3 is 19.7 Å². The molecular formula is C20H28N2O4. The maximum Gasteiger partial charge on any atom is 0.225 e. The van der Waals surface area contributed by atoms with E-state index in [4.69, 9.17) is 9.47 Å². The summed E-state index contributed by atoms with van der Waals surface area (Å²) in [5, 5.41) is 3.19. The van der Waals surface area contributed by atoms with Crippen LogP contribution in [0.1, 0.15) is 44.2 Å². The summed E-state index contributed by atoms with van der Waals surface area (Å²) in [5.41, 5.74) is 0.900. The smallest absolute Gasteiger partial charge is 0.225 e. The molecule has 2 fully saturated rings. The van der Waals surface area contributed by atoms with Crippen molar-refractivity contribution in [2.45, 2.75) is 44.7 Å². The van der Waals surface area contributed by atoms with Crippen molar-refractivity contribution in [3.8, 4) is 5.75 Å². The molecule has 0 aliphatic carbocycles. The van der Waals surface area contributed by atoms with Gasteiger partial charge in [-0.25, -0.2) is 0 Å². The third-order valence-electron chi connectivity index (χ3n) is 5.41. The first kappa shape index (κ1) is 18.7. The Labute approximate surface area is 154 Å². The predicted octanol–water partition coefficient (Wildman–Crippen LogP) is 2.29. The first-order valence-electron chi connectivity index (χ1n) is 9.46. The second kappa shape index (κ2) is 8.54. The number of hydrogen-bond donors (Lipinski definition) is 1. The first-order chi connectivity index (χ1) is 12.7.